The molecule has 88 valence electrons. The second-order valence-electron chi connectivity index (χ2n) is 3.66. The summed E-state index contributed by atoms with van der Waals surface area (Å²) in [6.07, 6.45) is 0. The van der Waals surface area contributed by atoms with E-state index in [9.17, 15) is 8.60 Å². The monoisotopic (exact) mass is 249 g/mol. The van der Waals surface area contributed by atoms with Crippen LogP contribution in [-0.4, -0.2) is 4.21 Å². The normalized spacial score (nSPS) is 12.3. The predicted octanol–water partition coefficient (Wildman–Crippen LogP) is 2.72. The first-order valence-corrected chi connectivity index (χ1v) is 6.46. The van der Waals surface area contributed by atoms with Crippen LogP contribution in [0.15, 0.2) is 53.4 Å². The van der Waals surface area contributed by atoms with Crippen LogP contribution >= 0.6 is 0 Å². The van der Waals surface area contributed by atoms with Crippen LogP contribution in [0.1, 0.15) is 5.56 Å². The molecular formula is C13H12FNOS. The van der Waals surface area contributed by atoms with Crippen molar-refractivity contribution in [3.63, 3.8) is 0 Å². The van der Waals surface area contributed by atoms with Crippen LogP contribution in [0.25, 0.3) is 0 Å². The third-order valence-corrected chi connectivity index (χ3v) is 3.80. The number of hydrogen-bond donors (Lipinski definition) is 1. The smallest absolute Gasteiger partial charge is 0.124 e. The number of benzene rings is 2. The number of nitrogens with two attached hydrogens (primary N) is 1. The summed E-state index contributed by atoms with van der Waals surface area (Å²) in [5.41, 5.74) is 6.99. The lowest BCUT2D eigenvalue weighted by molar-refractivity contribution is 0.623. The zero-order valence-corrected chi connectivity index (χ0v) is 9.91. The van der Waals surface area contributed by atoms with Gasteiger partial charge < -0.3 is 5.73 Å². The van der Waals surface area contributed by atoms with Crippen molar-refractivity contribution in [1.29, 1.82) is 0 Å². The molecule has 0 aliphatic heterocycles. The van der Waals surface area contributed by atoms with E-state index in [0.29, 0.717) is 16.3 Å². The van der Waals surface area contributed by atoms with Gasteiger partial charge in [0.05, 0.1) is 21.4 Å². The zero-order valence-electron chi connectivity index (χ0n) is 9.10. The van der Waals surface area contributed by atoms with Crippen molar-refractivity contribution in [1.82, 2.24) is 0 Å². The Hall–Kier alpha value is -1.68. The largest absolute Gasteiger partial charge is 0.398 e. The van der Waals surface area contributed by atoms with Crippen LogP contribution in [0.2, 0.25) is 0 Å². The lowest BCUT2D eigenvalue weighted by atomic mass is 10.2. The molecule has 0 bridgehead atoms. The highest BCUT2D eigenvalue weighted by Gasteiger charge is 2.09. The van der Waals surface area contributed by atoms with E-state index in [1.165, 1.54) is 18.2 Å². The lowest BCUT2D eigenvalue weighted by Gasteiger charge is -2.06. The predicted molar refractivity (Wildman–Crippen MR) is 67.4 cm³/mol. The van der Waals surface area contributed by atoms with Gasteiger partial charge in [0, 0.05) is 5.69 Å². The van der Waals surface area contributed by atoms with Gasteiger partial charge in [-0.1, -0.05) is 30.3 Å². The summed E-state index contributed by atoms with van der Waals surface area (Å²) in [5, 5.41) is 0. The third kappa shape index (κ3) is 2.91. The quantitative estimate of drug-likeness (QED) is 0.850. The summed E-state index contributed by atoms with van der Waals surface area (Å²) < 4.78 is 25.1. The molecule has 0 aliphatic carbocycles. The van der Waals surface area contributed by atoms with Gasteiger partial charge in [0.25, 0.3) is 0 Å². The fraction of sp³-hybridized carbons (Fsp3) is 0.0769. The van der Waals surface area contributed by atoms with Gasteiger partial charge in [-0.05, 0) is 23.8 Å². The SMILES string of the molecule is Nc1ccc(F)cc1S(=O)Cc1ccccc1. The number of nitrogen functional groups attached to an aromatic ring is 1. The molecule has 1 atom stereocenters. The molecule has 2 rings (SSSR count). The maximum Gasteiger partial charge on any atom is 0.124 e. The molecule has 2 N–H and O–H groups in total. The molecule has 0 fully saturated rings. The Bertz CT molecular complexity index is 542. The average molecular weight is 249 g/mol. The zero-order chi connectivity index (χ0) is 12.3. The number of rotatable bonds is 3. The summed E-state index contributed by atoms with van der Waals surface area (Å²) in [7, 11) is -1.32. The summed E-state index contributed by atoms with van der Waals surface area (Å²) in [6.45, 7) is 0. The summed E-state index contributed by atoms with van der Waals surface area (Å²) in [5.74, 6) is -0.0790. The van der Waals surface area contributed by atoms with E-state index in [1.807, 2.05) is 30.3 Å². The van der Waals surface area contributed by atoms with E-state index in [1.54, 1.807) is 0 Å². The number of anilines is 1. The minimum Gasteiger partial charge on any atom is -0.398 e. The summed E-state index contributed by atoms with van der Waals surface area (Å²) in [4.78, 5) is 0.355. The third-order valence-electron chi connectivity index (χ3n) is 2.36. The average Bonchev–Trinajstić information content (AvgIpc) is 2.33. The maximum absolute atomic E-state index is 13.1. The van der Waals surface area contributed by atoms with Crippen molar-refractivity contribution in [2.45, 2.75) is 10.6 Å². The van der Waals surface area contributed by atoms with Crippen LogP contribution in [0.3, 0.4) is 0 Å². The van der Waals surface area contributed by atoms with Crippen molar-refractivity contribution in [2.24, 2.45) is 0 Å². The highest BCUT2D eigenvalue weighted by molar-refractivity contribution is 7.84. The number of hydrogen-bond acceptors (Lipinski definition) is 2. The Morgan fingerprint density at radius 2 is 1.82 bits per heavy atom. The molecule has 2 nitrogen and oxygen atoms in total. The van der Waals surface area contributed by atoms with Gasteiger partial charge >= 0.3 is 0 Å². The van der Waals surface area contributed by atoms with Gasteiger partial charge in [0.15, 0.2) is 0 Å². The Kier molecular flexibility index (Phi) is 3.54. The van der Waals surface area contributed by atoms with Crippen molar-refractivity contribution in [2.75, 3.05) is 5.73 Å². The van der Waals surface area contributed by atoms with Crippen LogP contribution < -0.4 is 5.73 Å². The van der Waals surface area contributed by atoms with Crippen LogP contribution in [0.5, 0.6) is 0 Å². The van der Waals surface area contributed by atoms with Gasteiger partial charge in [-0.25, -0.2) is 4.39 Å². The molecule has 4 heteroatoms. The first-order chi connectivity index (χ1) is 8.16. The minimum atomic E-state index is -1.32. The topological polar surface area (TPSA) is 43.1 Å². The molecule has 0 aromatic heterocycles. The molecule has 0 saturated carbocycles. The highest BCUT2D eigenvalue weighted by atomic mass is 32.2. The standard InChI is InChI=1S/C13H12FNOS/c14-11-6-7-12(15)13(8-11)17(16)9-10-4-2-1-3-5-10/h1-8H,9,15H2. The lowest BCUT2D eigenvalue weighted by Crippen LogP contribution is -2.01. The van der Waals surface area contributed by atoms with Gasteiger partial charge in [0.1, 0.15) is 5.82 Å². The van der Waals surface area contributed by atoms with Gasteiger partial charge in [-0.2, -0.15) is 0 Å². The van der Waals surface area contributed by atoms with E-state index in [2.05, 4.69) is 0 Å². The second kappa shape index (κ2) is 5.10. The van der Waals surface area contributed by atoms with Crippen molar-refractivity contribution < 1.29 is 8.60 Å². The first kappa shape index (κ1) is 11.8. The van der Waals surface area contributed by atoms with E-state index in [0.717, 1.165) is 5.56 Å². The summed E-state index contributed by atoms with van der Waals surface area (Å²) in [6, 6.07) is 13.3. The Morgan fingerprint density at radius 1 is 1.12 bits per heavy atom. The molecule has 17 heavy (non-hydrogen) atoms. The van der Waals surface area contributed by atoms with Crippen LogP contribution in [0, 0.1) is 5.82 Å². The Balaban J connectivity index is 2.23. The molecule has 2 aromatic rings. The molecule has 2 aromatic carbocycles. The molecular weight excluding hydrogens is 237 g/mol. The van der Waals surface area contributed by atoms with E-state index in [-0.39, 0.29) is 0 Å². The van der Waals surface area contributed by atoms with Crippen molar-refractivity contribution in [3.05, 3.63) is 59.9 Å². The van der Waals surface area contributed by atoms with Gasteiger partial charge in [-0.3, -0.25) is 4.21 Å². The van der Waals surface area contributed by atoms with E-state index < -0.39 is 16.6 Å². The molecule has 0 spiro atoms. The molecule has 1 unspecified atom stereocenters. The Labute approximate surface area is 102 Å². The highest BCUT2D eigenvalue weighted by Crippen LogP contribution is 2.20. The molecule has 0 saturated heterocycles. The molecule has 0 radical (unpaired) electrons. The minimum absolute atomic E-state index is 0.342. The van der Waals surface area contributed by atoms with Gasteiger partial charge in [0.2, 0.25) is 0 Å². The fourth-order valence-electron chi connectivity index (χ4n) is 1.51. The molecule has 0 aliphatic rings. The Morgan fingerprint density at radius 3 is 2.53 bits per heavy atom. The van der Waals surface area contributed by atoms with Gasteiger partial charge in [-0.15, -0.1) is 0 Å². The number of halogens is 1. The second-order valence-corrected chi connectivity index (χ2v) is 5.08. The summed E-state index contributed by atoms with van der Waals surface area (Å²) >= 11 is 0. The molecule has 0 heterocycles. The van der Waals surface area contributed by atoms with Crippen molar-refractivity contribution >= 4 is 16.5 Å². The fourth-order valence-corrected chi connectivity index (χ4v) is 2.73. The maximum atomic E-state index is 13.1. The first-order valence-electron chi connectivity index (χ1n) is 5.14. The van der Waals surface area contributed by atoms with E-state index in [4.69, 9.17) is 5.73 Å². The van der Waals surface area contributed by atoms with Crippen LogP contribution in [0.4, 0.5) is 10.1 Å². The molecule has 0 amide bonds. The van der Waals surface area contributed by atoms with Crippen LogP contribution in [-0.2, 0) is 16.6 Å². The van der Waals surface area contributed by atoms with E-state index >= 15 is 0 Å². The van der Waals surface area contributed by atoms with Crippen molar-refractivity contribution in [3.8, 4) is 0 Å².